The predicted molar refractivity (Wildman–Crippen MR) is 94.1 cm³/mol. The molecule has 146 valence electrons. The first-order chi connectivity index (χ1) is 12.4. The molecule has 0 aliphatic heterocycles. The van der Waals surface area contributed by atoms with Gasteiger partial charge in [-0.2, -0.15) is 13.2 Å². The molecule has 1 heterocycles. The van der Waals surface area contributed by atoms with E-state index in [-0.39, 0.29) is 5.75 Å². The summed E-state index contributed by atoms with van der Waals surface area (Å²) in [6.45, 7) is 1.01. The van der Waals surface area contributed by atoms with Crippen LogP contribution in [0.5, 0.6) is 0 Å². The molecule has 0 saturated carbocycles. The maximum absolute atomic E-state index is 12.8. The summed E-state index contributed by atoms with van der Waals surface area (Å²) >= 11 is 0. The lowest BCUT2D eigenvalue weighted by Crippen LogP contribution is -2.28. The highest BCUT2D eigenvalue weighted by atomic mass is 32.2. The third-order valence-electron chi connectivity index (χ3n) is 3.76. The van der Waals surface area contributed by atoms with Crippen LogP contribution < -0.4 is 10.9 Å². The van der Waals surface area contributed by atoms with Crippen molar-refractivity contribution in [2.45, 2.75) is 25.4 Å². The molecule has 1 aromatic carbocycles. The molecule has 0 aliphatic rings. The van der Waals surface area contributed by atoms with Crippen molar-refractivity contribution in [2.24, 2.45) is 0 Å². The number of carbonyl (C=O) groups excluding carboxylic acids is 1. The monoisotopic (exact) mass is 402 g/mol. The minimum atomic E-state index is -4.64. The van der Waals surface area contributed by atoms with Crippen LogP contribution in [-0.4, -0.2) is 25.1 Å². The molecule has 10 heteroatoms. The second kappa shape index (κ2) is 7.55. The van der Waals surface area contributed by atoms with Gasteiger partial charge < -0.3 is 9.88 Å². The molecule has 2 rings (SSSR count). The van der Waals surface area contributed by atoms with Gasteiger partial charge in [0.05, 0.1) is 11.3 Å². The van der Waals surface area contributed by atoms with E-state index in [2.05, 4.69) is 5.32 Å². The van der Waals surface area contributed by atoms with E-state index < -0.39 is 39.6 Å². The number of pyridine rings is 1. The van der Waals surface area contributed by atoms with Gasteiger partial charge >= 0.3 is 6.18 Å². The van der Waals surface area contributed by atoms with Crippen LogP contribution in [-0.2, 0) is 33.1 Å². The third kappa shape index (κ3) is 5.68. The molecule has 27 heavy (non-hydrogen) atoms. The summed E-state index contributed by atoms with van der Waals surface area (Å²) in [5.74, 6) is -0.925. The van der Waals surface area contributed by atoms with E-state index in [1.165, 1.54) is 6.07 Å². The summed E-state index contributed by atoms with van der Waals surface area (Å²) < 4.78 is 61.8. The Kier molecular flexibility index (Phi) is 5.79. The van der Waals surface area contributed by atoms with Crippen LogP contribution >= 0.6 is 0 Å². The predicted octanol–water partition coefficient (Wildman–Crippen LogP) is 2.36. The molecule has 0 saturated heterocycles. The third-order valence-corrected chi connectivity index (χ3v) is 4.60. The molecule has 1 aromatic heterocycles. The molecule has 0 bridgehead atoms. The van der Waals surface area contributed by atoms with E-state index in [1.807, 2.05) is 0 Å². The maximum Gasteiger partial charge on any atom is 0.417 e. The van der Waals surface area contributed by atoms with Gasteiger partial charge in [-0.1, -0.05) is 12.1 Å². The number of carbonyl (C=O) groups is 1. The highest BCUT2D eigenvalue weighted by Crippen LogP contribution is 2.28. The van der Waals surface area contributed by atoms with Crippen LogP contribution in [0.15, 0.2) is 41.3 Å². The standard InChI is InChI=1S/C17H17F3N2O4S/c1-11-12(10-27(2,25)26)4-3-5-14(11)21-15(23)9-22-8-13(17(18,19)20)6-7-16(22)24/h3-8H,9-10H2,1-2H3,(H,21,23). The zero-order chi connectivity index (χ0) is 20.4. The van der Waals surface area contributed by atoms with Crippen LogP contribution in [0.3, 0.4) is 0 Å². The minimum absolute atomic E-state index is 0.213. The normalized spacial score (nSPS) is 12.0. The number of amides is 1. The topological polar surface area (TPSA) is 85.2 Å². The second-order valence-electron chi connectivity index (χ2n) is 6.09. The first-order valence-corrected chi connectivity index (χ1v) is 9.76. The van der Waals surface area contributed by atoms with Gasteiger partial charge in [-0.25, -0.2) is 8.42 Å². The van der Waals surface area contributed by atoms with Crippen molar-refractivity contribution in [3.8, 4) is 0 Å². The van der Waals surface area contributed by atoms with Crippen molar-refractivity contribution < 1.29 is 26.4 Å². The van der Waals surface area contributed by atoms with Crippen molar-refractivity contribution in [3.63, 3.8) is 0 Å². The summed E-state index contributed by atoms with van der Waals surface area (Å²) in [5.41, 5.74) is -0.456. The Balaban J connectivity index is 2.22. The minimum Gasteiger partial charge on any atom is -0.324 e. The highest BCUT2D eigenvalue weighted by molar-refractivity contribution is 7.89. The fourth-order valence-corrected chi connectivity index (χ4v) is 3.30. The summed E-state index contributed by atoms with van der Waals surface area (Å²) in [7, 11) is -3.28. The van der Waals surface area contributed by atoms with E-state index in [1.54, 1.807) is 19.1 Å². The number of nitrogens with zero attached hydrogens (tertiary/aromatic N) is 1. The number of aromatic nitrogens is 1. The summed E-state index contributed by atoms with van der Waals surface area (Å²) in [5, 5.41) is 2.50. The molecular weight excluding hydrogens is 385 g/mol. The molecule has 0 fully saturated rings. The van der Waals surface area contributed by atoms with Crippen LogP contribution in [0.4, 0.5) is 18.9 Å². The molecule has 6 nitrogen and oxygen atoms in total. The molecule has 1 amide bonds. The van der Waals surface area contributed by atoms with Crippen LogP contribution in [0.1, 0.15) is 16.7 Å². The average molecular weight is 402 g/mol. The Bertz CT molecular complexity index is 1030. The molecule has 0 atom stereocenters. The average Bonchev–Trinajstić information content (AvgIpc) is 2.51. The van der Waals surface area contributed by atoms with E-state index >= 15 is 0 Å². The number of hydrogen-bond donors (Lipinski definition) is 1. The van der Waals surface area contributed by atoms with Gasteiger partial charge in [-0.15, -0.1) is 0 Å². The molecule has 0 unspecified atom stereocenters. The van der Waals surface area contributed by atoms with Crippen molar-refractivity contribution in [2.75, 3.05) is 11.6 Å². The lowest BCUT2D eigenvalue weighted by Gasteiger charge is -2.14. The zero-order valence-electron chi connectivity index (χ0n) is 14.5. The van der Waals surface area contributed by atoms with Gasteiger partial charge in [-0.05, 0) is 30.2 Å². The number of sulfone groups is 1. The molecular formula is C17H17F3N2O4S. The van der Waals surface area contributed by atoms with E-state index in [4.69, 9.17) is 0 Å². The fraction of sp³-hybridized carbons (Fsp3) is 0.294. The molecule has 0 radical (unpaired) electrons. The fourth-order valence-electron chi connectivity index (χ4n) is 2.42. The van der Waals surface area contributed by atoms with Crippen molar-refractivity contribution >= 4 is 21.4 Å². The van der Waals surface area contributed by atoms with Crippen molar-refractivity contribution in [3.05, 3.63) is 63.6 Å². The largest absolute Gasteiger partial charge is 0.417 e. The number of benzene rings is 1. The van der Waals surface area contributed by atoms with Gasteiger partial charge in [0.2, 0.25) is 5.91 Å². The number of alkyl halides is 3. The quantitative estimate of drug-likeness (QED) is 0.832. The highest BCUT2D eigenvalue weighted by Gasteiger charge is 2.31. The van der Waals surface area contributed by atoms with E-state index in [0.29, 0.717) is 33.6 Å². The van der Waals surface area contributed by atoms with Gasteiger partial charge in [0.1, 0.15) is 6.54 Å². The van der Waals surface area contributed by atoms with Gasteiger partial charge in [0.15, 0.2) is 9.84 Å². The Morgan fingerprint density at radius 2 is 1.85 bits per heavy atom. The SMILES string of the molecule is Cc1c(CS(C)(=O)=O)cccc1NC(=O)Cn1cc(C(F)(F)F)ccc1=O. The number of hydrogen-bond acceptors (Lipinski definition) is 4. The second-order valence-corrected chi connectivity index (χ2v) is 8.23. The molecule has 0 spiro atoms. The lowest BCUT2D eigenvalue weighted by atomic mass is 10.1. The molecule has 1 N–H and O–H groups in total. The number of rotatable bonds is 5. The Labute approximate surface area is 153 Å². The summed E-state index contributed by atoms with van der Waals surface area (Å²) in [6.07, 6.45) is -2.98. The van der Waals surface area contributed by atoms with Crippen molar-refractivity contribution in [1.29, 1.82) is 0 Å². The zero-order valence-corrected chi connectivity index (χ0v) is 15.3. The van der Waals surface area contributed by atoms with Crippen molar-refractivity contribution in [1.82, 2.24) is 4.57 Å². The Hall–Kier alpha value is -2.62. The Morgan fingerprint density at radius 3 is 2.44 bits per heavy atom. The van der Waals surface area contributed by atoms with Gasteiger partial charge in [0.25, 0.3) is 5.56 Å². The molecule has 2 aromatic rings. The smallest absolute Gasteiger partial charge is 0.324 e. The van der Waals surface area contributed by atoms with Crippen LogP contribution in [0.2, 0.25) is 0 Å². The summed E-state index contributed by atoms with van der Waals surface area (Å²) in [4.78, 5) is 23.9. The van der Waals surface area contributed by atoms with Crippen LogP contribution in [0.25, 0.3) is 0 Å². The van der Waals surface area contributed by atoms with E-state index in [9.17, 15) is 31.2 Å². The van der Waals surface area contributed by atoms with Crippen LogP contribution in [0, 0.1) is 6.92 Å². The maximum atomic E-state index is 12.8. The number of anilines is 1. The van der Waals surface area contributed by atoms with Gasteiger partial charge in [-0.3, -0.25) is 9.59 Å². The Morgan fingerprint density at radius 1 is 1.19 bits per heavy atom. The lowest BCUT2D eigenvalue weighted by molar-refractivity contribution is -0.138. The first kappa shape index (κ1) is 20.7. The molecule has 0 aliphatic carbocycles. The van der Waals surface area contributed by atoms with Gasteiger partial charge in [0, 0.05) is 24.2 Å². The number of halogens is 3. The van der Waals surface area contributed by atoms with E-state index in [0.717, 1.165) is 12.3 Å². The summed E-state index contributed by atoms with van der Waals surface area (Å²) in [6, 6.07) is 6.08. The number of nitrogens with one attached hydrogen (secondary N) is 1. The first-order valence-electron chi connectivity index (χ1n) is 7.70.